The van der Waals surface area contributed by atoms with E-state index in [9.17, 15) is 4.79 Å². The van der Waals surface area contributed by atoms with Crippen molar-refractivity contribution in [2.75, 3.05) is 31.7 Å². The van der Waals surface area contributed by atoms with Gasteiger partial charge in [-0.25, -0.2) is 4.98 Å². The van der Waals surface area contributed by atoms with Crippen molar-refractivity contribution in [2.24, 2.45) is 5.92 Å². The Balaban J connectivity index is 2.03. The molecule has 0 aliphatic heterocycles. The summed E-state index contributed by atoms with van der Waals surface area (Å²) < 4.78 is 16.9. The van der Waals surface area contributed by atoms with Gasteiger partial charge in [0.2, 0.25) is 5.88 Å². The molecule has 0 radical (unpaired) electrons. The molecule has 0 saturated heterocycles. The number of nitrogens with zero attached hydrogens (tertiary/aromatic N) is 1. The molecule has 0 unspecified atom stereocenters. The van der Waals surface area contributed by atoms with E-state index in [2.05, 4.69) is 24.1 Å². The van der Waals surface area contributed by atoms with Crippen LogP contribution in [0.5, 0.6) is 5.88 Å². The lowest BCUT2D eigenvalue weighted by Gasteiger charge is -2.38. The topological polar surface area (TPSA) is 69.7 Å². The molecule has 2 atom stereocenters. The molecule has 0 bridgehead atoms. The Labute approximate surface area is 163 Å². The Hall–Kier alpha value is -1.66. The molecule has 0 aromatic carbocycles. The molecule has 1 N–H and O–H groups in total. The van der Waals surface area contributed by atoms with E-state index in [1.807, 2.05) is 19.9 Å². The van der Waals surface area contributed by atoms with E-state index in [1.54, 1.807) is 6.07 Å². The molecular formula is C21H34N2O4. The molecule has 152 valence electrons. The summed E-state index contributed by atoms with van der Waals surface area (Å²) in [6, 6.07) is 3.62. The summed E-state index contributed by atoms with van der Waals surface area (Å²) in [4.78, 5) is 17.5. The number of pyridine rings is 1. The van der Waals surface area contributed by atoms with E-state index >= 15 is 0 Å². The summed E-state index contributed by atoms with van der Waals surface area (Å²) in [5.74, 6) is 0.965. The van der Waals surface area contributed by atoms with Gasteiger partial charge in [0.15, 0.2) is 0 Å². The molecule has 0 spiro atoms. The van der Waals surface area contributed by atoms with Crippen molar-refractivity contribution in [3.05, 3.63) is 17.8 Å². The maximum Gasteiger partial charge on any atom is 0.256 e. The lowest BCUT2D eigenvalue weighted by atomic mass is 9.78. The molecule has 1 heterocycles. The highest BCUT2D eigenvalue weighted by molar-refractivity contribution is 5.97. The monoisotopic (exact) mass is 378 g/mol. The number of aryl methyl sites for hydroxylation is 1. The smallest absolute Gasteiger partial charge is 0.256 e. The zero-order valence-electron chi connectivity index (χ0n) is 17.2. The molecule has 6 nitrogen and oxygen atoms in total. The summed E-state index contributed by atoms with van der Waals surface area (Å²) in [7, 11) is 0. The number of nitrogens with one attached hydrogen (secondary N) is 1. The van der Waals surface area contributed by atoms with Gasteiger partial charge in [-0.05, 0) is 51.5 Å². The van der Waals surface area contributed by atoms with Crippen LogP contribution >= 0.6 is 0 Å². The van der Waals surface area contributed by atoms with Crippen molar-refractivity contribution in [3.8, 4) is 5.88 Å². The number of carbonyl (C=O) groups is 1. The molecule has 1 fully saturated rings. The second kappa shape index (κ2) is 10.6. The lowest BCUT2D eigenvalue weighted by Crippen LogP contribution is -2.49. The number of hydrogen-bond acceptors (Lipinski definition) is 5. The molecule has 1 saturated carbocycles. The molecule has 1 aliphatic rings. The van der Waals surface area contributed by atoms with Gasteiger partial charge in [-0.3, -0.25) is 4.79 Å². The van der Waals surface area contributed by atoms with Crippen LogP contribution in [-0.2, 0) is 14.3 Å². The largest absolute Gasteiger partial charge is 0.475 e. The van der Waals surface area contributed by atoms with Gasteiger partial charge in [0, 0.05) is 19.3 Å². The van der Waals surface area contributed by atoms with Crippen LogP contribution in [0, 0.1) is 12.8 Å². The first-order valence-corrected chi connectivity index (χ1v) is 10.1. The van der Waals surface area contributed by atoms with E-state index in [1.165, 1.54) is 0 Å². The zero-order valence-corrected chi connectivity index (χ0v) is 17.2. The third kappa shape index (κ3) is 6.18. The van der Waals surface area contributed by atoms with Gasteiger partial charge in [-0.2, -0.15) is 0 Å². The van der Waals surface area contributed by atoms with Gasteiger partial charge >= 0.3 is 0 Å². The highest BCUT2D eigenvalue weighted by Crippen LogP contribution is 2.36. The quantitative estimate of drug-likeness (QED) is 0.620. The Morgan fingerprint density at radius 3 is 2.78 bits per heavy atom. The normalized spacial score (nSPS) is 22.4. The number of rotatable bonds is 10. The van der Waals surface area contributed by atoms with Crippen molar-refractivity contribution in [3.63, 3.8) is 0 Å². The maximum absolute atomic E-state index is 13.1. The van der Waals surface area contributed by atoms with E-state index in [-0.39, 0.29) is 5.91 Å². The fourth-order valence-corrected chi connectivity index (χ4v) is 3.54. The second-order valence-electron chi connectivity index (χ2n) is 7.33. The van der Waals surface area contributed by atoms with Gasteiger partial charge < -0.3 is 19.5 Å². The first kappa shape index (κ1) is 21.6. The van der Waals surface area contributed by atoms with Crippen molar-refractivity contribution in [1.82, 2.24) is 4.98 Å². The van der Waals surface area contributed by atoms with E-state index < -0.39 is 5.60 Å². The van der Waals surface area contributed by atoms with Crippen molar-refractivity contribution in [1.29, 1.82) is 0 Å². The molecular weight excluding hydrogens is 344 g/mol. The van der Waals surface area contributed by atoms with E-state index in [0.29, 0.717) is 43.9 Å². The first-order chi connectivity index (χ1) is 13.0. The number of carbonyl (C=O) groups excluding carboxylic acids is 1. The van der Waals surface area contributed by atoms with Gasteiger partial charge in [-0.15, -0.1) is 0 Å². The molecule has 1 amide bonds. The van der Waals surface area contributed by atoms with Crippen LogP contribution < -0.4 is 10.1 Å². The molecule has 1 aromatic rings. The van der Waals surface area contributed by atoms with Gasteiger partial charge in [0.05, 0.1) is 18.0 Å². The van der Waals surface area contributed by atoms with Gasteiger partial charge in [0.1, 0.15) is 12.2 Å². The summed E-state index contributed by atoms with van der Waals surface area (Å²) in [5.41, 5.74) is 0.703. The van der Waals surface area contributed by atoms with Crippen LogP contribution in [0.3, 0.4) is 0 Å². The summed E-state index contributed by atoms with van der Waals surface area (Å²) >= 11 is 0. The van der Waals surface area contributed by atoms with Crippen LogP contribution in [0.2, 0.25) is 0 Å². The fraction of sp³-hybridized carbons (Fsp3) is 0.714. The van der Waals surface area contributed by atoms with Crippen LogP contribution in [-0.4, -0.2) is 42.9 Å². The number of hydrogen-bond donors (Lipinski definition) is 1. The van der Waals surface area contributed by atoms with E-state index in [4.69, 9.17) is 14.2 Å². The predicted octanol–water partition coefficient (Wildman–Crippen LogP) is 4.12. The third-order valence-electron chi connectivity index (χ3n) is 4.94. The fourth-order valence-electron chi connectivity index (χ4n) is 3.54. The molecule has 27 heavy (non-hydrogen) atoms. The minimum absolute atomic E-state index is 0.0579. The Kier molecular flexibility index (Phi) is 8.51. The minimum atomic E-state index is -0.729. The number of aromatic nitrogens is 1. The highest BCUT2D eigenvalue weighted by atomic mass is 16.5. The molecule has 2 rings (SSSR count). The average molecular weight is 379 g/mol. The standard InChI is InChI=1S/C21H34N2O4/c1-5-12-27-21(11-7-8-16(3)15-21)20(24)23-18-9-10-19(22-17(18)4)26-14-13-25-6-2/h9-10,16H,5-8,11-15H2,1-4H3,(H,23,24)/t16-,21-/m1/s1. The maximum atomic E-state index is 13.1. The van der Waals surface area contributed by atoms with Crippen LogP contribution in [0.4, 0.5) is 5.69 Å². The summed E-state index contributed by atoms with van der Waals surface area (Å²) in [6.07, 6.45) is 4.61. The minimum Gasteiger partial charge on any atom is -0.475 e. The van der Waals surface area contributed by atoms with Crippen LogP contribution in [0.15, 0.2) is 12.1 Å². The van der Waals surface area contributed by atoms with Gasteiger partial charge in [0.25, 0.3) is 5.91 Å². The molecule has 1 aromatic heterocycles. The predicted molar refractivity (Wildman–Crippen MR) is 106 cm³/mol. The zero-order chi connectivity index (χ0) is 19.7. The SMILES string of the molecule is CCCO[C@]1(C(=O)Nc2ccc(OCCOCC)nc2C)CCC[C@@H](C)C1. The summed E-state index contributed by atoms with van der Waals surface area (Å²) in [6.45, 7) is 10.3. The Morgan fingerprint density at radius 2 is 2.11 bits per heavy atom. The van der Waals surface area contributed by atoms with Gasteiger partial charge in [-0.1, -0.05) is 20.3 Å². The Morgan fingerprint density at radius 1 is 1.30 bits per heavy atom. The number of ether oxygens (including phenoxy) is 3. The Bertz CT molecular complexity index is 608. The molecule has 6 heteroatoms. The van der Waals surface area contributed by atoms with E-state index in [0.717, 1.165) is 37.8 Å². The third-order valence-corrected chi connectivity index (χ3v) is 4.94. The molecule has 1 aliphatic carbocycles. The van der Waals surface area contributed by atoms with Crippen molar-refractivity contribution < 1.29 is 19.0 Å². The summed E-state index contributed by atoms with van der Waals surface area (Å²) in [5, 5.41) is 3.05. The number of anilines is 1. The second-order valence-corrected chi connectivity index (χ2v) is 7.33. The van der Waals surface area contributed by atoms with Crippen LogP contribution in [0.1, 0.15) is 58.6 Å². The van der Waals surface area contributed by atoms with Crippen molar-refractivity contribution in [2.45, 2.75) is 65.4 Å². The highest BCUT2D eigenvalue weighted by Gasteiger charge is 2.42. The van der Waals surface area contributed by atoms with Crippen molar-refractivity contribution >= 4 is 11.6 Å². The van der Waals surface area contributed by atoms with Crippen LogP contribution in [0.25, 0.3) is 0 Å². The number of amides is 1. The average Bonchev–Trinajstić information content (AvgIpc) is 2.65. The lowest BCUT2D eigenvalue weighted by molar-refractivity contribution is -0.148. The first-order valence-electron chi connectivity index (χ1n) is 10.1.